The lowest BCUT2D eigenvalue weighted by Crippen LogP contribution is -2.33. The first-order valence-corrected chi connectivity index (χ1v) is 5.10. The van der Waals surface area contributed by atoms with Crippen molar-refractivity contribution in [2.24, 2.45) is 5.73 Å². The fourth-order valence-electron chi connectivity index (χ4n) is 1.37. The smallest absolute Gasteiger partial charge is 0.233 e. The first kappa shape index (κ1) is 16.5. The number of methoxy groups -OCH3 is 1. The summed E-state index contributed by atoms with van der Waals surface area (Å²) >= 11 is 0. The molecule has 0 spiro atoms. The number of aromatic hydroxyl groups is 1. The number of amides is 1. The fraction of sp³-hybridized carbons (Fsp3) is 0.364. The average molecular weight is 277 g/mol. The molecular formula is C11H17ClN2O4. The number of halogens is 1. The molecule has 0 aliphatic heterocycles. The third-order valence-corrected chi connectivity index (χ3v) is 2.25. The van der Waals surface area contributed by atoms with E-state index in [0.29, 0.717) is 11.3 Å². The van der Waals surface area contributed by atoms with Gasteiger partial charge in [-0.15, -0.1) is 12.4 Å². The van der Waals surface area contributed by atoms with Gasteiger partial charge in [-0.1, -0.05) is 0 Å². The monoisotopic (exact) mass is 276 g/mol. The molecule has 0 fully saturated rings. The Kier molecular flexibility index (Phi) is 7.11. The predicted molar refractivity (Wildman–Crippen MR) is 68.9 cm³/mol. The van der Waals surface area contributed by atoms with E-state index in [1.165, 1.54) is 19.2 Å². The summed E-state index contributed by atoms with van der Waals surface area (Å²) in [6.45, 7) is -0.125. The molecule has 1 aromatic rings. The average Bonchev–Trinajstić information content (AvgIpc) is 2.35. The zero-order chi connectivity index (χ0) is 12.8. The number of phenols is 1. The van der Waals surface area contributed by atoms with E-state index >= 15 is 0 Å². The Bertz CT molecular complexity index is 401. The number of aliphatic hydroxyl groups is 1. The van der Waals surface area contributed by atoms with Crippen LogP contribution in [0.15, 0.2) is 18.2 Å². The van der Waals surface area contributed by atoms with Crippen LogP contribution in [0.2, 0.25) is 0 Å². The second-order valence-corrected chi connectivity index (χ2v) is 3.45. The SMILES string of the molecule is COc1ccc(O)cc1C(O)CNC(=O)CN.Cl. The maximum absolute atomic E-state index is 10.9. The van der Waals surface area contributed by atoms with E-state index < -0.39 is 6.10 Å². The van der Waals surface area contributed by atoms with Gasteiger partial charge < -0.3 is 26.0 Å². The van der Waals surface area contributed by atoms with Gasteiger partial charge in [-0.05, 0) is 18.2 Å². The molecule has 0 saturated carbocycles. The Balaban J connectivity index is 0.00000289. The van der Waals surface area contributed by atoms with Crippen molar-refractivity contribution in [1.29, 1.82) is 0 Å². The Hall–Kier alpha value is -1.50. The molecule has 0 aromatic heterocycles. The van der Waals surface area contributed by atoms with Crippen LogP contribution in [0.5, 0.6) is 11.5 Å². The first-order valence-electron chi connectivity index (χ1n) is 5.10. The number of benzene rings is 1. The minimum Gasteiger partial charge on any atom is -0.508 e. The van der Waals surface area contributed by atoms with Crippen LogP contribution in [0.1, 0.15) is 11.7 Å². The van der Waals surface area contributed by atoms with Crippen molar-refractivity contribution in [3.05, 3.63) is 23.8 Å². The van der Waals surface area contributed by atoms with E-state index in [1.807, 2.05) is 0 Å². The summed E-state index contributed by atoms with van der Waals surface area (Å²) in [4.78, 5) is 10.9. The summed E-state index contributed by atoms with van der Waals surface area (Å²) in [6, 6.07) is 4.38. The highest BCUT2D eigenvalue weighted by atomic mass is 35.5. The molecule has 1 amide bonds. The number of carbonyl (C=O) groups excluding carboxylic acids is 1. The van der Waals surface area contributed by atoms with Crippen LogP contribution in [0.4, 0.5) is 0 Å². The Morgan fingerprint density at radius 2 is 2.22 bits per heavy atom. The molecule has 1 aromatic carbocycles. The zero-order valence-electron chi connectivity index (χ0n) is 9.92. The van der Waals surface area contributed by atoms with Crippen molar-refractivity contribution < 1.29 is 19.7 Å². The number of rotatable bonds is 5. The third-order valence-electron chi connectivity index (χ3n) is 2.25. The van der Waals surface area contributed by atoms with Crippen molar-refractivity contribution in [2.75, 3.05) is 20.2 Å². The summed E-state index contributed by atoms with van der Waals surface area (Å²) in [6.07, 6.45) is -0.965. The lowest BCUT2D eigenvalue weighted by Gasteiger charge is -2.15. The first-order chi connectivity index (χ1) is 8.08. The molecule has 0 radical (unpaired) electrons. The Morgan fingerprint density at radius 3 is 2.78 bits per heavy atom. The number of hydrogen-bond acceptors (Lipinski definition) is 5. The third kappa shape index (κ3) is 4.40. The summed E-state index contributed by atoms with van der Waals surface area (Å²) in [5, 5.41) is 21.6. The maximum Gasteiger partial charge on any atom is 0.233 e. The molecule has 0 saturated heterocycles. The Morgan fingerprint density at radius 1 is 1.56 bits per heavy atom. The summed E-state index contributed by atoms with van der Waals surface area (Å²) in [5.74, 6) is 0.102. The molecule has 0 heterocycles. The van der Waals surface area contributed by atoms with Crippen molar-refractivity contribution in [3.8, 4) is 11.5 Å². The number of aliphatic hydroxyl groups excluding tert-OH is 1. The van der Waals surface area contributed by atoms with Gasteiger partial charge in [0.1, 0.15) is 11.5 Å². The van der Waals surface area contributed by atoms with Gasteiger partial charge in [0.25, 0.3) is 0 Å². The maximum atomic E-state index is 10.9. The van der Waals surface area contributed by atoms with Gasteiger partial charge in [-0.25, -0.2) is 0 Å². The summed E-state index contributed by atoms with van der Waals surface area (Å²) in [7, 11) is 1.46. The van der Waals surface area contributed by atoms with Crippen LogP contribution in [0, 0.1) is 0 Å². The molecule has 6 nitrogen and oxygen atoms in total. The molecule has 7 heteroatoms. The summed E-state index contributed by atoms with van der Waals surface area (Å²) < 4.78 is 5.05. The van der Waals surface area contributed by atoms with Crippen molar-refractivity contribution >= 4 is 18.3 Å². The van der Waals surface area contributed by atoms with Crippen molar-refractivity contribution in [3.63, 3.8) is 0 Å². The quantitative estimate of drug-likeness (QED) is 0.603. The lowest BCUT2D eigenvalue weighted by atomic mass is 10.1. The van der Waals surface area contributed by atoms with Crippen LogP contribution in [-0.2, 0) is 4.79 Å². The van der Waals surface area contributed by atoms with Crippen molar-refractivity contribution in [2.45, 2.75) is 6.10 Å². The highest BCUT2D eigenvalue weighted by Gasteiger charge is 2.14. The van der Waals surface area contributed by atoms with Crippen LogP contribution < -0.4 is 15.8 Å². The molecule has 5 N–H and O–H groups in total. The molecule has 102 valence electrons. The second-order valence-electron chi connectivity index (χ2n) is 3.45. The van der Waals surface area contributed by atoms with Gasteiger partial charge in [0.15, 0.2) is 0 Å². The van der Waals surface area contributed by atoms with Crippen LogP contribution >= 0.6 is 12.4 Å². The van der Waals surface area contributed by atoms with Gasteiger partial charge in [0.2, 0.25) is 5.91 Å². The number of nitrogens with one attached hydrogen (secondary N) is 1. The molecule has 0 aliphatic rings. The van der Waals surface area contributed by atoms with E-state index in [4.69, 9.17) is 10.5 Å². The van der Waals surface area contributed by atoms with E-state index in [-0.39, 0.29) is 37.2 Å². The fourth-order valence-corrected chi connectivity index (χ4v) is 1.37. The second kappa shape index (κ2) is 7.75. The molecular weight excluding hydrogens is 260 g/mol. The van der Waals surface area contributed by atoms with Gasteiger partial charge in [0, 0.05) is 12.1 Å². The molecule has 0 bridgehead atoms. The highest BCUT2D eigenvalue weighted by molar-refractivity contribution is 5.85. The Labute approximate surface area is 111 Å². The number of ether oxygens (including phenoxy) is 1. The van der Waals surface area contributed by atoms with Gasteiger partial charge >= 0.3 is 0 Å². The van der Waals surface area contributed by atoms with E-state index in [2.05, 4.69) is 5.32 Å². The molecule has 1 unspecified atom stereocenters. The molecule has 1 rings (SSSR count). The van der Waals surface area contributed by atoms with E-state index in [9.17, 15) is 15.0 Å². The summed E-state index contributed by atoms with van der Waals surface area (Å²) in [5.41, 5.74) is 5.53. The molecule has 0 aliphatic carbocycles. The largest absolute Gasteiger partial charge is 0.508 e. The normalized spacial score (nSPS) is 11.3. The minimum absolute atomic E-state index is 0. The number of phenolic OH excluding ortho intramolecular Hbond substituents is 1. The van der Waals surface area contributed by atoms with Crippen LogP contribution in [0.25, 0.3) is 0 Å². The number of carbonyl (C=O) groups is 1. The van der Waals surface area contributed by atoms with Gasteiger partial charge in [0.05, 0.1) is 19.8 Å². The predicted octanol–water partition coefficient (Wildman–Crippen LogP) is -0.0691. The number of nitrogens with two attached hydrogens (primary N) is 1. The van der Waals surface area contributed by atoms with Crippen LogP contribution in [-0.4, -0.2) is 36.3 Å². The lowest BCUT2D eigenvalue weighted by molar-refractivity contribution is -0.120. The standard InChI is InChI=1S/C11H16N2O4.ClH/c1-17-10-3-2-7(14)4-8(10)9(15)6-13-11(16)5-12;/h2-4,9,14-15H,5-6,12H2,1H3,(H,13,16);1H. The van der Waals surface area contributed by atoms with Crippen molar-refractivity contribution in [1.82, 2.24) is 5.32 Å². The molecule has 18 heavy (non-hydrogen) atoms. The topological polar surface area (TPSA) is 105 Å². The van der Waals surface area contributed by atoms with Gasteiger partial charge in [-0.3, -0.25) is 4.79 Å². The zero-order valence-corrected chi connectivity index (χ0v) is 10.7. The van der Waals surface area contributed by atoms with E-state index in [0.717, 1.165) is 0 Å². The highest BCUT2D eigenvalue weighted by Crippen LogP contribution is 2.28. The van der Waals surface area contributed by atoms with E-state index in [1.54, 1.807) is 6.07 Å². The van der Waals surface area contributed by atoms with Gasteiger partial charge in [-0.2, -0.15) is 0 Å². The minimum atomic E-state index is -0.965. The number of hydrogen-bond donors (Lipinski definition) is 4. The van der Waals surface area contributed by atoms with Crippen LogP contribution in [0.3, 0.4) is 0 Å². The molecule has 1 atom stereocenters.